The van der Waals surface area contributed by atoms with Crippen molar-refractivity contribution in [1.29, 1.82) is 0 Å². The number of carbonyl (C=O) groups excluding carboxylic acids is 1. The molecule has 6 heteroatoms. The lowest BCUT2D eigenvalue weighted by Gasteiger charge is -2.13. The van der Waals surface area contributed by atoms with Crippen LogP contribution in [0.15, 0.2) is 65.4 Å². The van der Waals surface area contributed by atoms with E-state index in [2.05, 4.69) is 10.3 Å². The van der Waals surface area contributed by atoms with Gasteiger partial charge in [-0.2, -0.15) is 0 Å². The fraction of sp³-hybridized carbons (Fsp3) is 0.154. The maximum absolute atomic E-state index is 13.4. The lowest BCUT2D eigenvalue weighted by molar-refractivity contribution is -0.111. The Labute approximate surface area is 185 Å². The van der Waals surface area contributed by atoms with Crippen molar-refractivity contribution < 1.29 is 18.3 Å². The Morgan fingerprint density at radius 2 is 1.94 bits per heavy atom. The third-order valence-electron chi connectivity index (χ3n) is 5.43. The van der Waals surface area contributed by atoms with E-state index in [0.717, 1.165) is 38.8 Å². The number of fused-ring (bicyclic) bond motifs is 1. The molecule has 0 unspecified atom stereocenters. The maximum atomic E-state index is 13.4. The molecule has 2 aromatic heterocycles. The van der Waals surface area contributed by atoms with Crippen molar-refractivity contribution in [3.05, 3.63) is 83.5 Å². The van der Waals surface area contributed by atoms with Gasteiger partial charge in [0.05, 0.1) is 13.4 Å². The second kappa shape index (κ2) is 8.67. The summed E-state index contributed by atoms with van der Waals surface area (Å²) in [5, 5.41) is 3.68. The minimum atomic E-state index is -0.298. The van der Waals surface area contributed by atoms with E-state index < -0.39 is 0 Å². The van der Waals surface area contributed by atoms with E-state index in [9.17, 15) is 9.18 Å². The molecule has 0 saturated heterocycles. The zero-order valence-corrected chi connectivity index (χ0v) is 18.3. The van der Waals surface area contributed by atoms with Crippen molar-refractivity contribution in [2.45, 2.75) is 20.8 Å². The second-order valence-electron chi connectivity index (χ2n) is 7.60. The van der Waals surface area contributed by atoms with Gasteiger partial charge in [0.1, 0.15) is 23.0 Å². The van der Waals surface area contributed by atoms with E-state index >= 15 is 0 Å². The van der Waals surface area contributed by atoms with Crippen molar-refractivity contribution in [2.24, 2.45) is 0 Å². The first-order valence-electron chi connectivity index (χ1n) is 10.1. The van der Waals surface area contributed by atoms with E-state index in [1.807, 2.05) is 39.0 Å². The molecule has 0 radical (unpaired) electrons. The Morgan fingerprint density at radius 1 is 1.19 bits per heavy atom. The summed E-state index contributed by atoms with van der Waals surface area (Å²) >= 11 is 0. The highest BCUT2D eigenvalue weighted by Gasteiger charge is 2.19. The van der Waals surface area contributed by atoms with Crippen LogP contribution in [0.4, 0.5) is 10.2 Å². The van der Waals surface area contributed by atoms with Crippen LogP contribution in [0.2, 0.25) is 0 Å². The minimum absolute atomic E-state index is 0.282. The highest BCUT2D eigenvalue weighted by Crippen LogP contribution is 2.40. The molecule has 162 valence electrons. The molecule has 2 heterocycles. The van der Waals surface area contributed by atoms with Gasteiger partial charge in [0.25, 0.3) is 0 Å². The number of allylic oxidation sites excluding steroid dienone is 1. The van der Waals surface area contributed by atoms with Crippen LogP contribution >= 0.6 is 0 Å². The van der Waals surface area contributed by atoms with Gasteiger partial charge in [-0.1, -0.05) is 18.2 Å². The summed E-state index contributed by atoms with van der Waals surface area (Å²) in [6, 6.07) is 11.9. The SMILES string of the molecule is COc1c(/C(C)=C/C(=O)Nc2ncccc2C)cc2c(-c3ccc(F)cc3)coc2c1C. The van der Waals surface area contributed by atoms with E-state index in [4.69, 9.17) is 9.15 Å². The topological polar surface area (TPSA) is 64.4 Å². The molecule has 0 saturated carbocycles. The van der Waals surface area contributed by atoms with Crippen molar-refractivity contribution in [3.8, 4) is 16.9 Å². The first-order valence-corrected chi connectivity index (χ1v) is 10.1. The number of benzene rings is 2. The number of nitrogens with zero attached hydrogens (tertiary/aromatic N) is 1. The lowest BCUT2D eigenvalue weighted by Crippen LogP contribution is -2.11. The van der Waals surface area contributed by atoms with Crippen LogP contribution in [-0.4, -0.2) is 18.0 Å². The molecule has 0 aliphatic carbocycles. The number of halogens is 1. The molecule has 1 amide bonds. The molecule has 0 aliphatic heterocycles. The molecule has 4 aromatic rings. The Balaban J connectivity index is 1.77. The fourth-order valence-electron chi connectivity index (χ4n) is 3.77. The summed E-state index contributed by atoms with van der Waals surface area (Å²) in [5.41, 5.74) is 5.57. The predicted molar refractivity (Wildman–Crippen MR) is 124 cm³/mol. The van der Waals surface area contributed by atoms with Crippen molar-refractivity contribution in [3.63, 3.8) is 0 Å². The molecule has 0 atom stereocenters. The van der Waals surface area contributed by atoms with Gasteiger partial charge in [0.2, 0.25) is 5.91 Å². The summed E-state index contributed by atoms with van der Waals surface area (Å²) in [7, 11) is 1.59. The van der Waals surface area contributed by atoms with Crippen molar-refractivity contribution in [1.82, 2.24) is 4.98 Å². The number of ether oxygens (including phenoxy) is 1. The van der Waals surface area contributed by atoms with Gasteiger partial charge < -0.3 is 14.5 Å². The van der Waals surface area contributed by atoms with Crippen LogP contribution in [0.1, 0.15) is 23.6 Å². The van der Waals surface area contributed by atoms with Crippen LogP contribution in [0, 0.1) is 19.7 Å². The van der Waals surface area contributed by atoms with E-state index in [-0.39, 0.29) is 11.7 Å². The van der Waals surface area contributed by atoms with Crippen LogP contribution in [-0.2, 0) is 4.79 Å². The van der Waals surface area contributed by atoms with Gasteiger partial charge >= 0.3 is 0 Å². The highest BCUT2D eigenvalue weighted by molar-refractivity contribution is 6.05. The van der Waals surface area contributed by atoms with Gasteiger partial charge in [-0.15, -0.1) is 0 Å². The zero-order chi connectivity index (χ0) is 22.8. The van der Waals surface area contributed by atoms with Gasteiger partial charge in [0, 0.05) is 34.3 Å². The van der Waals surface area contributed by atoms with Gasteiger partial charge in [-0.25, -0.2) is 9.37 Å². The van der Waals surface area contributed by atoms with E-state index in [1.165, 1.54) is 18.2 Å². The number of carbonyl (C=O) groups is 1. The third kappa shape index (κ3) is 3.99. The molecule has 2 aromatic carbocycles. The number of aromatic nitrogens is 1. The number of pyridine rings is 1. The van der Waals surface area contributed by atoms with Crippen molar-refractivity contribution in [2.75, 3.05) is 12.4 Å². The van der Waals surface area contributed by atoms with Crippen LogP contribution in [0.5, 0.6) is 5.75 Å². The number of nitrogens with one attached hydrogen (secondary N) is 1. The summed E-state index contributed by atoms with van der Waals surface area (Å²) in [6.07, 6.45) is 4.81. The monoisotopic (exact) mass is 430 g/mol. The molecule has 5 nitrogen and oxygen atoms in total. The Kier molecular flexibility index (Phi) is 5.77. The van der Waals surface area contributed by atoms with Gasteiger partial charge in [-0.3, -0.25) is 4.79 Å². The Hall–Kier alpha value is -3.93. The van der Waals surface area contributed by atoms with Gasteiger partial charge in [-0.05, 0) is 61.7 Å². The summed E-state index contributed by atoms with van der Waals surface area (Å²) in [6.45, 7) is 5.65. The van der Waals surface area contributed by atoms with Crippen LogP contribution in [0.3, 0.4) is 0 Å². The highest BCUT2D eigenvalue weighted by atomic mass is 19.1. The average Bonchev–Trinajstić information content (AvgIpc) is 3.20. The standard InChI is InChI=1S/C26H23FN2O3/c1-15-6-5-11-28-26(15)29-23(30)12-16(2)20-13-21-22(18-7-9-19(27)10-8-18)14-32-25(21)17(3)24(20)31-4/h5-14H,1-4H3,(H,28,29,30)/b16-12+. The summed E-state index contributed by atoms with van der Waals surface area (Å²) < 4.78 is 24.9. The summed E-state index contributed by atoms with van der Waals surface area (Å²) in [4.78, 5) is 16.9. The molecular formula is C26H23FN2O3. The average molecular weight is 430 g/mol. The van der Waals surface area contributed by atoms with Crippen LogP contribution < -0.4 is 10.1 Å². The minimum Gasteiger partial charge on any atom is -0.496 e. The molecule has 1 N–H and O–H groups in total. The second-order valence-corrected chi connectivity index (χ2v) is 7.60. The first-order chi connectivity index (χ1) is 15.4. The number of anilines is 1. The van der Waals surface area contributed by atoms with Gasteiger partial charge in [0.15, 0.2) is 0 Å². The van der Waals surface area contributed by atoms with E-state index in [1.54, 1.807) is 31.7 Å². The molecule has 0 fully saturated rings. The molecule has 0 aliphatic rings. The molecule has 4 rings (SSSR count). The molecular weight excluding hydrogens is 407 g/mol. The summed E-state index contributed by atoms with van der Waals surface area (Å²) in [5.74, 6) is 0.574. The smallest absolute Gasteiger partial charge is 0.249 e. The Bertz CT molecular complexity index is 1340. The lowest BCUT2D eigenvalue weighted by atomic mass is 9.96. The number of aryl methyl sites for hydroxylation is 2. The largest absolute Gasteiger partial charge is 0.496 e. The molecule has 0 bridgehead atoms. The molecule has 0 spiro atoms. The number of methoxy groups -OCH3 is 1. The fourth-order valence-corrected chi connectivity index (χ4v) is 3.77. The Morgan fingerprint density at radius 3 is 2.62 bits per heavy atom. The number of hydrogen-bond donors (Lipinski definition) is 1. The number of amides is 1. The quantitative estimate of drug-likeness (QED) is 0.377. The predicted octanol–water partition coefficient (Wildman–Crippen LogP) is 6.30. The normalized spacial score (nSPS) is 11.6. The maximum Gasteiger partial charge on any atom is 0.249 e. The number of furan rings is 1. The molecule has 32 heavy (non-hydrogen) atoms. The zero-order valence-electron chi connectivity index (χ0n) is 18.3. The first kappa shape index (κ1) is 21.3. The number of hydrogen-bond acceptors (Lipinski definition) is 4. The van der Waals surface area contributed by atoms with Crippen molar-refractivity contribution >= 4 is 28.3 Å². The number of rotatable bonds is 5. The third-order valence-corrected chi connectivity index (χ3v) is 5.43. The van der Waals surface area contributed by atoms with E-state index in [0.29, 0.717) is 17.2 Å². The van der Waals surface area contributed by atoms with Crippen LogP contribution in [0.25, 0.3) is 27.7 Å².